The second-order valence-corrected chi connectivity index (χ2v) is 8.63. The fraction of sp³-hybridized carbons (Fsp3) is 0.333. The van der Waals surface area contributed by atoms with E-state index in [4.69, 9.17) is 4.98 Å². The van der Waals surface area contributed by atoms with Gasteiger partial charge in [-0.1, -0.05) is 11.3 Å². The molecule has 4 aromatic rings. The van der Waals surface area contributed by atoms with Crippen LogP contribution in [-0.2, 0) is 19.9 Å². The molecule has 0 atom stereocenters. The van der Waals surface area contributed by atoms with Crippen LogP contribution in [0.15, 0.2) is 24.3 Å². The quantitative estimate of drug-likeness (QED) is 0.559. The van der Waals surface area contributed by atoms with Gasteiger partial charge < -0.3 is 5.32 Å². The van der Waals surface area contributed by atoms with Gasteiger partial charge in [0, 0.05) is 13.1 Å². The first-order chi connectivity index (χ1) is 14.0. The molecule has 1 aliphatic carbocycles. The highest BCUT2D eigenvalue weighted by molar-refractivity contribution is 7.20. The predicted octanol–water partition coefficient (Wildman–Crippen LogP) is 3.96. The summed E-state index contributed by atoms with van der Waals surface area (Å²) < 4.78 is 4.47. The molecule has 0 radical (unpaired) electrons. The van der Waals surface area contributed by atoms with Crippen LogP contribution in [0.3, 0.4) is 0 Å². The molecule has 0 saturated heterocycles. The highest BCUT2D eigenvalue weighted by Crippen LogP contribution is 2.32. The molecule has 8 heteroatoms. The van der Waals surface area contributed by atoms with Crippen LogP contribution in [0.4, 0.5) is 5.82 Å². The number of thiazole rings is 1. The molecule has 3 heterocycles. The SMILES string of the molecule is Cc1cc(C(=O)Nc2cc(C)nn2-c2nc3cc4c(cc3s2)CCCC4)n(C)n1. The smallest absolute Gasteiger partial charge is 0.275 e. The lowest BCUT2D eigenvalue weighted by Gasteiger charge is -2.14. The molecular weight excluding hydrogens is 384 g/mol. The molecule has 1 amide bonds. The van der Waals surface area contributed by atoms with Gasteiger partial charge in [0.2, 0.25) is 5.13 Å². The van der Waals surface area contributed by atoms with Gasteiger partial charge in [-0.2, -0.15) is 14.9 Å². The summed E-state index contributed by atoms with van der Waals surface area (Å²) in [5.41, 5.74) is 5.98. The van der Waals surface area contributed by atoms with Gasteiger partial charge in [-0.3, -0.25) is 9.48 Å². The van der Waals surface area contributed by atoms with Crippen LogP contribution in [-0.4, -0.2) is 30.5 Å². The predicted molar refractivity (Wildman–Crippen MR) is 114 cm³/mol. The van der Waals surface area contributed by atoms with Crippen LogP contribution >= 0.6 is 11.3 Å². The zero-order chi connectivity index (χ0) is 20.1. The van der Waals surface area contributed by atoms with Gasteiger partial charge in [-0.25, -0.2) is 4.98 Å². The number of nitrogens with one attached hydrogen (secondary N) is 1. The van der Waals surface area contributed by atoms with E-state index in [1.165, 1.54) is 24.0 Å². The van der Waals surface area contributed by atoms with E-state index in [0.29, 0.717) is 11.5 Å². The molecule has 3 aromatic heterocycles. The second kappa shape index (κ2) is 6.81. The van der Waals surface area contributed by atoms with Gasteiger partial charge in [0.1, 0.15) is 11.5 Å². The number of benzene rings is 1. The average Bonchev–Trinajstić information content (AvgIpc) is 3.35. The molecule has 0 saturated carbocycles. The van der Waals surface area contributed by atoms with Crippen molar-refractivity contribution < 1.29 is 4.79 Å². The van der Waals surface area contributed by atoms with Crippen molar-refractivity contribution in [2.24, 2.45) is 7.05 Å². The third-order valence-corrected chi connectivity index (χ3v) is 6.32. The molecule has 1 N–H and O–H groups in total. The normalized spacial score (nSPS) is 13.6. The van der Waals surface area contributed by atoms with Crippen LogP contribution < -0.4 is 5.32 Å². The number of aryl methyl sites for hydroxylation is 5. The number of hydrogen-bond acceptors (Lipinski definition) is 5. The van der Waals surface area contributed by atoms with Crippen molar-refractivity contribution in [3.8, 4) is 5.13 Å². The van der Waals surface area contributed by atoms with Gasteiger partial charge >= 0.3 is 0 Å². The number of aromatic nitrogens is 5. The summed E-state index contributed by atoms with van der Waals surface area (Å²) in [5.74, 6) is 0.390. The lowest BCUT2D eigenvalue weighted by molar-refractivity contribution is 0.101. The van der Waals surface area contributed by atoms with E-state index in [1.54, 1.807) is 33.8 Å². The first-order valence-electron chi connectivity index (χ1n) is 9.79. The summed E-state index contributed by atoms with van der Waals surface area (Å²) in [6.45, 7) is 3.78. The number of carbonyl (C=O) groups excluding carboxylic acids is 1. The van der Waals surface area contributed by atoms with Crippen LogP contribution in [0.25, 0.3) is 15.3 Å². The van der Waals surface area contributed by atoms with E-state index in [9.17, 15) is 4.79 Å². The van der Waals surface area contributed by atoms with Crippen LogP contribution in [0.5, 0.6) is 0 Å². The van der Waals surface area contributed by atoms with Gasteiger partial charge in [-0.05, 0) is 68.9 Å². The standard InChI is InChI=1S/C21H22N6OS/c1-12-8-17(26(3)24-12)20(28)23-19-9-13(2)25-27(19)21-22-16-10-14-6-4-5-7-15(14)11-18(16)29-21/h8-11H,4-7H2,1-3H3,(H,23,28). The Hall–Kier alpha value is -3.00. The molecular formula is C21H22N6OS. The third kappa shape index (κ3) is 3.23. The van der Waals surface area contributed by atoms with Gasteiger partial charge in [0.25, 0.3) is 5.91 Å². The van der Waals surface area contributed by atoms with Crippen molar-refractivity contribution in [2.45, 2.75) is 39.5 Å². The Morgan fingerprint density at radius 3 is 2.48 bits per heavy atom. The lowest BCUT2D eigenvalue weighted by atomic mass is 9.92. The van der Waals surface area contributed by atoms with Crippen molar-refractivity contribution in [3.05, 3.63) is 52.5 Å². The van der Waals surface area contributed by atoms with E-state index in [2.05, 4.69) is 27.6 Å². The Balaban J connectivity index is 1.52. The first-order valence-corrected chi connectivity index (χ1v) is 10.6. The monoisotopic (exact) mass is 406 g/mol. The van der Waals surface area contributed by atoms with E-state index < -0.39 is 0 Å². The molecule has 0 bridgehead atoms. The minimum Gasteiger partial charge on any atom is -0.305 e. The number of hydrogen-bond donors (Lipinski definition) is 1. The van der Waals surface area contributed by atoms with Crippen molar-refractivity contribution in [1.82, 2.24) is 24.5 Å². The number of nitrogens with zero attached hydrogens (tertiary/aromatic N) is 5. The second-order valence-electron chi connectivity index (χ2n) is 7.62. The Morgan fingerprint density at radius 1 is 1.03 bits per heavy atom. The van der Waals surface area contributed by atoms with Crippen molar-refractivity contribution in [1.29, 1.82) is 0 Å². The van der Waals surface area contributed by atoms with E-state index >= 15 is 0 Å². The summed E-state index contributed by atoms with van der Waals surface area (Å²) in [7, 11) is 1.76. The number of rotatable bonds is 3. The fourth-order valence-corrected chi connectivity index (χ4v) is 4.95. The van der Waals surface area contributed by atoms with Crippen LogP contribution in [0.2, 0.25) is 0 Å². The third-order valence-electron chi connectivity index (χ3n) is 5.33. The molecule has 7 nitrogen and oxygen atoms in total. The summed E-state index contributed by atoms with van der Waals surface area (Å²) >= 11 is 1.60. The number of anilines is 1. The molecule has 0 spiro atoms. The summed E-state index contributed by atoms with van der Waals surface area (Å²) in [6, 6.07) is 8.12. The number of fused-ring (bicyclic) bond motifs is 2. The van der Waals surface area contributed by atoms with Gasteiger partial charge in [-0.15, -0.1) is 0 Å². The van der Waals surface area contributed by atoms with Crippen LogP contribution in [0, 0.1) is 13.8 Å². The van der Waals surface area contributed by atoms with Gasteiger partial charge in [0.15, 0.2) is 0 Å². The highest BCUT2D eigenvalue weighted by Gasteiger charge is 2.19. The lowest BCUT2D eigenvalue weighted by Crippen LogP contribution is -2.18. The Labute approximate surface area is 172 Å². The van der Waals surface area contributed by atoms with Crippen molar-refractivity contribution in [3.63, 3.8) is 0 Å². The Kier molecular flexibility index (Phi) is 4.24. The first kappa shape index (κ1) is 18.1. The number of amides is 1. The zero-order valence-corrected chi connectivity index (χ0v) is 17.5. The molecule has 1 aliphatic rings. The summed E-state index contributed by atoms with van der Waals surface area (Å²) in [6.07, 6.45) is 4.78. The van der Waals surface area contributed by atoms with E-state index in [0.717, 1.165) is 39.6 Å². The van der Waals surface area contributed by atoms with E-state index in [-0.39, 0.29) is 5.91 Å². The zero-order valence-electron chi connectivity index (χ0n) is 16.7. The molecule has 148 valence electrons. The molecule has 5 rings (SSSR count). The topological polar surface area (TPSA) is 77.6 Å². The largest absolute Gasteiger partial charge is 0.305 e. The fourth-order valence-electron chi connectivity index (χ4n) is 3.97. The average molecular weight is 407 g/mol. The highest BCUT2D eigenvalue weighted by atomic mass is 32.1. The maximum absolute atomic E-state index is 12.8. The minimum absolute atomic E-state index is 0.217. The summed E-state index contributed by atoms with van der Waals surface area (Å²) in [5, 5.41) is 12.5. The Morgan fingerprint density at radius 2 is 1.76 bits per heavy atom. The Bertz CT molecular complexity index is 1200. The molecule has 1 aromatic carbocycles. The maximum atomic E-state index is 12.8. The molecule has 0 unspecified atom stereocenters. The molecule has 29 heavy (non-hydrogen) atoms. The minimum atomic E-state index is -0.217. The van der Waals surface area contributed by atoms with Crippen molar-refractivity contribution >= 4 is 33.3 Å². The van der Waals surface area contributed by atoms with Gasteiger partial charge in [0.05, 0.1) is 21.6 Å². The maximum Gasteiger partial charge on any atom is 0.275 e. The molecule has 0 fully saturated rings. The van der Waals surface area contributed by atoms with Crippen molar-refractivity contribution in [2.75, 3.05) is 5.32 Å². The summed E-state index contributed by atoms with van der Waals surface area (Å²) in [4.78, 5) is 17.6. The molecule has 0 aliphatic heterocycles. The van der Waals surface area contributed by atoms with Crippen LogP contribution in [0.1, 0.15) is 45.8 Å². The number of carbonyl (C=O) groups is 1. The van der Waals surface area contributed by atoms with E-state index in [1.807, 2.05) is 19.9 Å².